The second-order valence-electron chi connectivity index (χ2n) is 4.06. The quantitative estimate of drug-likeness (QED) is 0.872. The number of nitrogens with zero attached hydrogens (tertiary/aromatic N) is 1. The summed E-state index contributed by atoms with van der Waals surface area (Å²) in [6.07, 6.45) is 0. The lowest BCUT2D eigenvalue weighted by atomic mass is 9.99. The minimum atomic E-state index is -1.03. The fourth-order valence-corrected chi connectivity index (χ4v) is 1.84. The van der Waals surface area contributed by atoms with Crippen molar-refractivity contribution in [1.29, 1.82) is 0 Å². The molecule has 0 aliphatic rings. The summed E-state index contributed by atoms with van der Waals surface area (Å²) < 4.78 is 5.30. The van der Waals surface area contributed by atoms with E-state index in [1.807, 2.05) is 26.0 Å². The number of benzene rings is 1. The van der Waals surface area contributed by atoms with E-state index < -0.39 is 5.97 Å². The second kappa shape index (κ2) is 4.52. The molecule has 0 unspecified atom stereocenters. The standard InChI is InChI=1S/C13H14N2O3/c1-7-4-5-11(18-3)12(8(7)2)9-6-10(13(16)17)15-14-9/h4-6H,1-3H3,(H,14,15)(H,16,17). The van der Waals surface area contributed by atoms with Crippen LogP contribution in [0.2, 0.25) is 0 Å². The van der Waals surface area contributed by atoms with Crippen molar-refractivity contribution in [3.8, 4) is 17.0 Å². The molecule has 2 rings (SSSR count). The van der Waals surface area contributed by atoms with Gasteiger partial charge in [0.2, 0.25) is 0 Å². The molecule has 18 heavy (non-hydrogen) atoms. The van der Waals surface area contributed by atoms with Crippen LogP contribution in [-0.2, 0) is 0 Å². The van der Waals surface area contributed by atoms with Gasteiger partial charge < -0.3 is 9.84 Å². The first kappa shape index (κ1) is 12.2. The number of carboxylic acids is 1. The minimum absolute atomic E-state index is 0.0629. The van der Waals surface area contributed by atoms with Crippen LogP contribution >= 0.6 is 0 Å². The second-order valence-corrected chi connectivity index (χ2v) is 4.06. The number of ether oxygens (including phenoxy) is 1. The normalized spacial score (nSPS) is 10.4. The average molecular weight is 246 g/mol. The highest BCUT2D eigenvalue weighted by atomic mass is 16.5. The largest absolute Gasteiger partial charge is 0.496 e. The SMILES string of the molecule is COc1ccc(C)c(C)c1-c1cc(C(=O)O)[nH]n1. The molecule has 5 heteroatoms. The van der Waals surface area contributed by atoms with E-state index in [-0.39, 0.29) is 5.69 Å². The van der Waals surface area contributed by atoms with Crippen LogP contribution < -0.4 is 4.74 Å². The molecule has 0 fully saturated rings. The summed E-state index contributed by atoms with van der Waals surface area (Å²) in [6.45, 7) is 3.95. The Kier molecular flexibility index (Phi) is 3.06. The van der Waals surface area contributed by atoms with E-state index >= 15 is 0 Å². The zero-order valence-electron chi connectivity index (χ0n) is 10.4. The highest BCUT2D eigenvalue weighted by Crippen LogP contribution is 2.33. The molecule has 2 N–H and O–H groups in total. The first-order valence-electron chi connectivity index (χ1n) is 5.48. The van der Waals surface area contributed by atoms with E-state index in [0.29, 0.717) is 11.4 Å². The molecule has 0 saturated heterocycles. The van der Waals surface area contributed by atoms with Crippen LogP contribution in [0.25, 0.3) is 11.3 Å². The van der Waals surface area contributed by atoms with E-state index in [9.17, 15) is 4.79 Å². The van der Waals surface area contributed by atoms with E-state index in [1.54, 1.807) is 7.11 Å². The molecule has 1 aromatic heterocycles. The molecule has 5 nitrogen and oxygen atoms in total. The third-order valence-electron chi connectivity index (χ3n) is 2.98. The topological polar surface area (TPSA) is 75.2 Å². The zero-order chi connectivity index (χ0) is 13.3. The van der Waals surface area contributed by atoms with Crippen molar-refractivity contribution in [2.75, 3.05) is 7.11 Å². The molecule has 0 saturated carbocycles. The predicted molar refractivity (Wildman–Crippen MR) is 67.0 cm³/mol. The van der Waals surface area contributed by atoms with Gasteiger partial charge in [-0.3, -0.25) is 5.10 Å². The number of aromatic amines is 1. The first-order valence-corrected chi connectivity index (χ1v) is 5.48. The van der Waals surface area contributed by atoms with E-state index in [4.69, 9.17) is 9.84 Å². The Morgan fingerprint density at radius 2 is 2.11 bits per heavy atom. The molecule has 2 aromatic rings. The molecule has 0 spiro atoms. The van der Waals surface area contributed by atoms with Crippen molar-refractivity contribution in [2.24, 2.45) is 0 Å². The molecule has 0 atom stereocenters. The van der Waals surface area contributed by atoms with Gasteiger partial charge in [0.15, 0.2) is 0 Å². The van der Waals surface area contributed by atoms with Gasteiger partial charge in [-0.25, -0.2) is 4.79 Å². The number of aryl methyl sites for hydroxylation is 1. The van der Waals surface area contributed by atoms with Crippen LogP contribution in [0.4, 0.5) is 0 Å². The molecular formula is C13H14N2O3. The molecule has 94 valence electrons. The van der Waals surface area contributed by atoms with Crippen LogP contribution in [0.1, 0.15) is 21.6 Å². The van der Waals surface area contributed by atoms with Crippen molar-refractivity contribution in [3.05, 3.63) is 35.0 Å². The number of hydrogen-bond acceptors (Lipinski definition) is 3. The Hall–Kier alpha value is -2.30. The fraction of sp³-hybridized carbons (Fsp3) is 0.231. The molecule has 0 radical (unpaired) electrons. The van der Waals surface area contributed by atoms with Crippen molar-refractivity contribution >= 4 is 5.97 Å². The Bertz CT molecular complexity index is 602. The van der Waals surface area contributed by atoms with Crippen LogP contribution in [0.3, 0.4) is 0 Å². The lowest BCUT2D eigenvalue weighted by molar-refractivity contribution is 0.0690. The summed E-state index contributed by atoms with van der Waals surface area (Å²) in [4.78, 5) is 10.8. The third kappa shape index (κ3) is 1.95. The van der Waals surface area contributed by atoms with Gasteiger partial charge in [-0.2, -0.15) is 5.10 Å². The van der Waals surface area contributed by atoms with Crippen molar-refractivity contribution in [2.45, 2.75) is 13.8 Å². The summed E-state index contributed by atoms with van der Waals surface area (Å²) >= 11 is 0. The lowest BCUT2D eigenvalue weighted by Gasteiger charge is -2.11. The maximum Gasteiger partial charge on any atom is 0.353 e. The van der Waals surface area contributed by atoms with Crippen LogP contribution in [0, 0.1) is 13.8 Å². The Labute approximate surface area is 104 Å². The lowest BCUT2D eigenvalue weighted by Crippen LogP contribution is -1.95. The number of aromatic carboxylic acids is 1. The number of hydrogen-bond donors (Lipinski definition) is 2. The highest BCUT2D eigenvalue weighted by molar-refractivity contribution is 5.87. The maximum atomic E-state index is 10.8. The molecule has 0 bridgehead atoms. The smallest absolute Gasteiger partial charge is 0.353 e. The Morgan fingerprint density at radius 3 is 2.67 bits per heavy atom. The predicted octanol–water partition coefficient (Wildman–Crippen LogP) is 2.40. The Balaban J connectivity index is 2.61. The summed E-state index contributed by atoms with van der Waals surface area (Å²) in [5.41, 5.74) is 3.59. The molecule has 1 aromatic carbocycles. The number of carbonyl (C=O) groups is 1. The van der Waals surface area contributed by atoms with Gasteiger partial charge in [-0.15, -0.1) is 0 Å². The van der Waals surface area contributed by atoms with Crippen molar-refractivity contribution in [1.82, 2.24) is 10.2 Å². The summed E-state index contributed by atoms with van der Waals surface area (Å²) in [7, 11) is 1.58. The maximum absolute atomic E-state index is 10.8. The third-order valence-corrected chi connectivity index (χ3v) is 2.98. The number of aromatic nitrogens is 2. The van der Waals surface area contributed by atoms with Gasteiger partial charge >= 0.3 is 5.97 Å². The first-order chi connectivity index (χ1) is 8.54. The van der Waals surface area contributed by atoms with Gasteiger partial charge in [0, 0.05) is 5.56 Å². The molecule has 0 aliphatic carbocycles. The van der Waals surface area contributed by atoms with Gasteiger partial charge in [0.25, 0.3) is 0 Å². The minimum Gasteiger partial charge on any atom is -0.496 e. The highest BCUT2D eigenvalue weighted by Gasteiger charge is 2.16. The van der Waals surface area contributed by atoms with Gasteiger partial charge in [-0.05, 0) is 37.1 Å². The van der Waals surface area contributed by atoms with Gasteiger partial charge in [-0.1, -0.05) is 6.07 Å². The molecular weight excluding hydrogens is 232 g/mol. The van der Waals surface area contributed by atoms with Gasteiger partial charge in [0.05, 0.1) is 12.8 Å². The van der Waals surface area contributed by atoms with E-state index in [0.717, 1.165) is 16.7 Å². The van der Waals surface area contributed by atoms with E-state index in [1.165, 1.54) is 6.07 Å². The zero-order valence-corrected chi connectivity index (χ0v) is 10.4. The number of rotatable bonds is 3. The van der Waals surface area contributed by atoms with Crippen LogP contribution in [-0.4, -0.2) is 28.4 Å². The summed E-state index contributed by atoms with van der Waals surface area (Å²) in [6, 6.07) is 5.32. The molecule has 1 heterocycles. The van der Waals surface area contributed by atoms with Crippen LogP contribution in [0.5, 0.6) is 5.75 Å². The van der Waals surface area contributed by atoms with Crippen molar-refractivity contribution < 1.29 is 14.6 Å². The number of methoxy groups -OCH3 is 1. The fourth-order valence-electron chi connectivity index (χ4n) is 1.84. The number of carboxylic acid groups (broad SMARTS) is 1. The molecule has 0 aliphatic heterocycles. The summed E-state index contributed by atoms with van der Waals surface area (Å²) in [5, 5.41) is 15.4. The number of H-pyrrole nitrogens is 1. The van der Waals surface area contributed by atoms with Gasteiger partial charge in [0.1, 0.15) is 11.4 Å². The average Bonchev–Trinajstić information content (AvgIpc) is 2.81. The Morgan fingerprint density at radius 1 is 1.39 bits per heavy atom. The molecule has 0 amide bonds. The monoisotopic (exact) mass is 246 g/mol. The number of nitrogens with one attached hydrogen (secondary N) is 1. The van der Waals surface area contributed by atoms with Crippen LogP contribution in [0.15, 0.2) is 18.2 Å². The summed E-state index contributed by atoms with van der Waals surface area (Å²) in [5.74, 6) is -0.348. The van der Waals surface area contributed by atoms with E-state index in [2.05, 4.69) is 10.2 Å². The van der Waals surface area contributed by atoms with Crippen molar-refractivity contribution in [3.63, 3.8) is 0 Å².